The number of amidine groups is 1. The van der Waals surface area contributed by atoms with Crippen LogP contribution in [0.25, 0.3) is 0 Å². The molecule has 0 aromatic heterocycles. The topological polar surface area (TPSA) is 24.4 Å². The van der Waals surface area contributed by atoms with Crippen LogP contribution in [0.4, 0.5) is 0 Å². The van der Waals surface area contributed by atoms with E-state index in [0.717, 1.165) is 11.5 Å². The summed E-state index contributed by atoms with van der Waals surface area (Å²) in [5.41, 5.74) is 1.44. The summed E-state index contributed by atoms with van der Waals surface area (Å²) in [4.78, 5) is 4.12. The zero-order valence-electron chi connectivity index (χ0n) is 8.30. The van der Waals surface area contributed by atoms with Crippen molar-refractivity contribution in [2.45, 2.75) is 13.8 Å². The van der Waals surface area contributed by atoms with Crippen LogP contribution in [-0.2, 0) is 0 Å². The van der Waals surface area contributed by atoms with Gasteiger partial charge >= 0.3 is 0 Å². The van der Waals surface area contributed by atoms with Crippen molar-refractivity contribution in [3.63, 3.8) is 0 Å². The minimum absolute atomic E-state index is 0.637. The Hall–Kier alpha value is -1.57. The molecular weight excluding hydrogens is 160 g/mol. The molecule has 0 unspecified atom stereocenters. The molecule has 1 N–H and O–H groups in total. The van der Waals surface area contributed by atoms with Crippen LogP contribution in [0.3, 0.4) is 0 Å². The van der Waals surface area contributed by atoms with E-state index < -0.39 is 0 Å². The first-order chi connectivity index (χ1) is 6.10. The molecule has 0 aromatic rings. The average Bonchev–Trinajstić information content (AvgIpc) is 2.04. The lowest BCUT2D eigenvalue weighted by Gasteiger charge is -2.04. The molecule has 0 radical (unpaired) electrons. The highest BCUT2D eigenvalue weighted by molar-refractivity contribution is 5.82. The molecule has 0 aliphatic carbocycles. The zero-order valence-corrected chi connectivity index (χ0v) is 8.30. The van der Waals surface area contributed by atoms with E-state index in [-0.39, 0.29) is 0 Å². The van der Waals surface area contributed by atoms with Crippen LogP contribution in [0.15, 0.2) is 54.4 Å². The predicted octanol–water partition coefficient (Wildman–Crippen LogP) is 2.78. The van der Waals surface area contributed by atoms with Gasteiger partial charge < -0.3 is 5.32 Å². The standard InChI is InChI=1S/C11H16N2/c1-6-8-10(4)13-11(5)12-9(3)7-2/h6-8H,2-4H2,1,5H3,(H,12,13)/b8-6-. The molecule has 0 saturated carbocycles. The van der Waals surface area contributed by atoms with Crippen molar-refractivity contribution >= 4 is 5.84 Å². The van der Waals surface area contributed by atoms with Gasteiger partial charge in [0.1, 0.15) is 5.84 Å². The maximum Gasteiger partial charge on any atom is 0.103 e. The normalized spacial score (nSPS) is 11.4. The maximum absolute atomic E-state index is 4.12. The number of nitrogens with zero attached hydrogens (tertiary/aromatic N) is 1. The summed E-state index contributed by atoms with van der Waals surface area (Å²) in [6, 6.07) is 0. The van der Waals surface area contributed by atoms with E-state index in [1.54, 1.807) is 6.08 Å². The number of allylic oxidation sites excluding steroid dienone is 3. The quantitative estimate of drug-likeness (QED) is 0.397. The maximum atomic E-state index is 4.12. The summed E-state index contributed by atoms with van der Waals surface area (Å²) < 4.78 is 0. The molecule has 13 heavy (non-hydrogen) atoms. The molecule has 0 aromatic carbocycles. The molecule has 0 bridgehead atoms. The molecule has 2 nitrogen and oxygen atoms in total. The highest BCUT2D eigenvalue weighted by Gasteiger charge is 1.90. The fourth-order valence-electron chi connectivity index (χ4n) is 0.764. The van der Waals surface area contributed by atoms with Crippen molar-refractivity contribution in [2.75, 3.05) is 0 Å². The SMILES string of the molecule is C=CC(=C)/N=C(\C)NC(=C)/C=C\C. The number of rotatable bonds is 4. The molecule has 0 spiro atoms. The Morgan fingerprint density at radius 1 is 1.38 bits per heavy atom. The highest BCUT2D eigenvalue weighted by Crippen LogP contribution is 1.94. The van der Waals surface area contributed by atoms with Gasteiger partial charge in [-0.3, -0.25) is 0 Å². The number of hydrogen-bond donors (Lipinski definition) is 1. The monoisotopic (exact) mass is 176 g/mol. The summed E-state index contributed by atoms with van der Waals surface area (Å²) in [7, 11) is 0. The molecule has 0 amide bonds. The fraction of sp³-hybridized carbons (Fsp3) is 0.182. The van der Waals surface area contributed by atoms with Crippen molar-refractivity contribution in [2.24, 2.45) is 4.99 Å². The second-order valence-corrected chi connectivity index (χ2v) is 2.54. The second kappa shape index (κ2) is 6.00. The average molecular weight is 176 g/mol. The summed E-state index contributed by atoms with van der Waals surface area (Å²) >= 11 is 0. The van der Waals surface area contributed by atoms with Crippen molar-refractivity contribution in [1.29, 1.82) is 0 Å². The van der Waals surface area contributed by atoms with E-state index in [0.29, 0.717) is 5.70 Å². The van der Waals surface area contributed by atoms with Crippen LogP contribution < -0.4 is 5.32 Å². The van der Waals surface area contributed by atoms with Crippen LogP contribution >= 0.6 is 0 Å². The van der Waals surface area contributed by atoms with Crippen LogP contribution in [0.1, 0.15) is 13.8 Å². The second-order valence-electron chi connectivity index (χ2n) is 2.54. The van der Waals surface area contributed by atoms with E-state index in [1.165, 1.54) is 0 Å². The molecule has 0 fully saturated rings. The molecule has 0 atom stereocenters. The third-order valence-corrected chi connectivity index (χ3v) is 1.26. The van der Waals surface area contributed by atoms with Crippen LogP contribution in [0.2, 0.25) is 0 Å². The molecule has 0 aliphatic rings. The summed E-state index contributed by atoms with van der Waals surface area (Å²) in [6.45, 7) is 14.8. The van der Waals surface area contributed by atoms with Crippen molar-refractivity contribution in [1.82, 2.24) is 5.32 Å². The third-order valence-electron chi connectivity index (χ3n) is 1.26. The van der Waals surface area contributed by atoms with Crippen LogP contribution in [0, 0.1) is 0 Å². The first-order valence-corrected chi connectivity index (χ1v) is 4.05. The number of aliphatic imine (C=N–C) groups is 1. The Kier molecular flexibility index (Phi) is 5.28. The van der Waals surface area contributed by atoms with E-state index in [4.69, 9.17) is 0 Å². The molecule has 0 heterocycles. The number of hydrogen-bond acceptors (Lipinski definition) is 1. The molecule has 70 valence electrons. The van der Waals surface area contributed by atoms with Crippen LogP contribution in [0.5, 0.6) is 0 Å². The molecular formula is C11H16N2. The van der Waals surface area contributed by atoms with E-state index in [2.05, 4.69) is 30.0 Å². The van der Waals surface area contributed by atoms with Gasteiger partial charge in [-0.1, -0.05) is 25.8 Å². The lowest BCUT2D eigenvalue weighted by Crippen LogP contribution is -2.17. The molecule has 0 aliphatic heterocycles. The van der Waals surface area contributed by atoms with Crippen molar-refractivity contribution in [3.05, 3.63) is 49.4 Å². The van der Waals surface area contributed by atoms with E-state index >= 15 is 0 Å². The van der Waals surface area contributed by atoms with Gasteiger partial charge in [0.25, 0.3) is 0 Å². The zero-order chi connectivity index (χ0) is 10.3. The molecule has 0 saturated heterocycles. The van der Waals surface area contributed by atoms with Crippen molar-refractivity contribution in [3.8, 4) is 0 Å². The van der Waals surface area contributed by atoms with Crippen molar-refractivity contribution < 1.29 is 0 Å². The Labute approximate surface area is 80.1 Å². The highest BCUT2D eigenvalue weighted by atomic mass is 15.0. The molecule has 0 rings (SSSR count). The Bertz CT molecular complexity index is 270. The van der Waals surface area contributed by atoms with Crippen LogP contribution in [-0.4, -0.2) is 5.84 Å². The minimum atomic E-state index is 0.637. The Morgan fingerprint density at radius 3 is 2.46 bits per heavy atom. The minimum Gasteiger partial charge on any atom is -0.344 e. The van der Waals surface area contributed by atoms with Gasteiger partial charge in [-0.05, 0) is 26.0 Å². The Morgan fingerprint density at radius 2 is 2.00 bits per heavy atom. The predicted molar refractivity (Wildman–Crippen MR) is 59.5 cm³/mol. The van der Waals surface area contributed by atoms with Gasteiger partial charge in [0.05, 0.1) is 5.70 Å². The third kappa shape index (κ3) is 5.67. The summed E-state index contributed by atoms with van der Waals surface area (Å²) in [5, 5.41) is 3.01. The smallest absolute Gasteiger partial charge is 0.103 e. The first-order valence-electron chi connectivity index (χ1n) is 4.05. The lowest BCUT2D eigenvalue weighted by molar-refractivity contribution is 1.15. The first kappa shape index (κ1) is 11.4. The fourth-order valence-corrected chi connectivity index (χ4v) is 0.764. The van der Waals surface area contributed by atoms with Gasteiger partial charge in [0.2, 0.25) is 0 Å². The van der Waals surface area contributed by atoms with Gasteiger partial charge in [-0.2, -0.15) is 0 Å². The Balaban J connectivity index is 4.21. The molecule has 2 heteroatoms. The largest absolute Gasteiger partial charge is 0.344 e. The van der Waals surface area contributed by atoms with E-state index in [9.17, 15) is 0 Å². The van der Waals surface area contributed by atoms with Gasteiger partial charge in [-0.15, -0.1) is 0 Å². The van der Waals surface area contributed by atoms with Gasteiger partial charge in [0, 0.05) is 5.70 Å². The number of nitrogens with one attached hydrogen (secondary N) is 1. The van der Waals surface area contributed by atoms with Gasteiger partial charge in [-0.25, -0.2) is 4.99 Å². The van der Waals surface area contributed by atoms with Gasteiger partial charge in [0.15, 0.2) is 0 Å². The van der Waals surface area contributed by atoms with E-state index in [1.807, 2.05) is 26.0 Å². The summed E-state index contributed by atoms with van der Waals surface area (Å²) in [6.07, 6.45) is 5.38. The summed E-state index contributed by atoms with van der Waals surface area (Å²) in [5.74, 6) is 0.757. The lowest BCUT2D eigenvalue weighted by atomic mass is 10.4.